The van der Waals surface area contributed by atoms with Gasteiger partial charge in [0.2, 0.25) is 27.7 Å². The van der Waals surface area contributed by atoms with Crippen LogP contribution in [0.4, 0.5) is 4.79 Å². The zero-order valence-corrected chi connectivity index (χ0v) is 34.8. The van der Waals surface area contributed by atoms with Crippen molar-refractivity contribution in [1.82, 2.24) is 25.2 Å². The van der Waals surface area contributed by atoms with E-state index in [-0.39, 0.29) is 36.8 Å². The van der Waals surface area contributed by atoms with Gasteiger partial charge in [-0.1, -0.05) is 38.0 Å². The highest BCUT2D eigenvalue weighted by Gasteiger charge is 2.62. The van der Waals surface area contributed by atoms with Crippen LogP contribution >= 0.6 is 0 Å². The molecule has 4 aliphatic carbocycles. The number of carbonyl (C=O) groups is 4. The summed E-state index contributed by atoms with van der Waals surface area (Å²) in [5.74, 6) is -1.29. The van der Waals surface area contributed by atoms with Gasteiger partial charge in [-0.25, -0.2) is 18.2 Å². The average molecular weight is 834 g/mol. The van der Waals surface area contributed by atoms with E-state index in [0.717, 1.165) is 31.2 Å². The molecule has 8 rings (SSSR count). The summed E-state index contributed by atoms with van der Waals surface area (Å²) in [7, 11) is -2.32. The molecule has 2 aromatic rings. The molecule has 3 N–H and O–H groups in total. The molecule has 1 aromatic carbocycles. The van der Waals surface area contributed by atoms with Crippen LogP contribution < -0.4 is 29.6 Å². The molecule has 15 nitrogen and oxygen atoms in total. The zero-order chi connectivity index (χ0) is 41.7. The van der Waals surface area contributed by atoms with Gasteiger partial charge in [0.25, 0.3) is 5.91 Å². The van der Waals surface area contributed by atoms with Crippen LogP contribution in [0.25, 0.3) is 17.0 Å². The van der Waals surface area contributed by atoms with E-state index >= 15 is 0 Å². The topological polar surface area (TPSA) is 192 Å². The molecule has 318 valence electrons. The Kier molecular flexibility index (Phi) is 11.1. The van der Waals surface area contributed by atoms with E-state index in [1.54, 1.807) is 13.2 Å². The molecule has 0 spiro atoms. The zero-order valence-electron chi connectivity index (χ0n) is 34.0. The summed E-state index contributed by atoms with van der Waals surface area (Å²) in [5.41, 5.74) is -0.566. The number of rotatable bonds is 10. The van der Waals surface area contributed by atoms with Gasteiger partial charge in [0.15, 0.2) is 0 Å². The molecular formula is C43H55N5O10S. The van der Waals surface area contributed by atoms with E-state index in [2.05, 4.69) is 34.9 Å². The maximum atomic E-state index is 15.0. The van der Waals surface area contributed by atoms with E-state index in [1.807, 2.05) is 25.1 Å². The van der Waals surface area contributed by atoms with Gasteiger partial charge in [-0.3, -0.25) is 19.1 Å². The SMILES string of the molecule is C=C[C@@H]1C[C@]1(NC(=O)[C@@H]1C[C@@H]2CN1C(=O)[C@H](C1CCCC1)NC(=O)O[C@@H]1CCC[C@@]1(C)C/C=C/c1cc3c(cc(OCC)nc3cc1OC)O2)C(=O)NS(=O)(=O)C1CC1. The third-order valence-corrected chi connectivity index (χ3v) is 15.1. The second kappa shape index (κ2) is 16.0. The number of allylic oxidation sites excluding steroid dienone is 1. The number of ether oxygens (including phenoxy) is 4. The number of alkyl carbamates (subject to hydrolysis) is 1. The second-order valence-corrected chi connectivity index (χ2v) is 19.3. The molecule has 59 heavy (non-hydrogen) atoms. The summed E-state index contributed by atoms with van der Waals surface area (Å²) in [6.45, 7) is 8.12. The number of nitrogens with one attached hydrogen (secondary N) is 3. The predicted octanol–water partition coefficient (Wildman–Crippen LogP) is 4.92. The number of hydrogen-bond donors (Lipinski definition) is 3. The van der Waals surface area contributed by atoms with Crippen molar-refractivity contribution in [1.29, 1.82) is 0 Å². The summed E-state index contributed by atoms with van der Waals surface area (Å²) in [6, 6.07) is 3.34. The first-order chi connectivity index (χ1) is 28.3. The molecule has 0 radical (unpaired) electrons. The number of methoxy groups -OCH3 is 1. The van der Waals surface area contributed by atoms with Crippen molar-refractivity contribution < 1.29 is 46.5 Å². The highest BCUT2D eigenvalue weighted by Crippen LogP contribution is 2.47. The van der Waals surface area contributed by atoms with Gasteiger partial charge in [-0.05, 0) is 76.7 Å². The first-order valence-electron chi connectivity index (χ1n) is 21.0. The molecule has 0 unspecified atom stereocenters. The van der Waals surface area contributed by atoms with Crippen molar-refractivity contribution in [2.75, 3.05) is 20.3 Å². The third kappa shape index (κ3) is 8.08. The molecule has 16 heteroatoms. The van der Waals surface area contributed by atoms with E-state index in [0.29, 0.717) is 73.4 Å². The molecule has 2 aliphatic heterocycles. The van der Waals surface area contributed by atoms with E-state index in [4.69, 9.17) is 23.9 Å². The van der Waals surface area contributed by atoms with Crippen molar-refractivity contribution >= 4 is 50.8 Å². The highest BCUT2D eigenvalue weighted by molar-refractivity contribution is 7.91. The van der Waals surface area contributed by atoms with Crippen LogP contribution in [0.2, 0.25) is 0 Å². The number of sulfonamides is 1. The number of carbonyl (C=O) groups excluding carboxylic acids is 4. The maximum Gasteiger partial charge on any atom is 0.408 e. The molecule has 1 saturated heterocycles. The molecule has 7 atom stereocenters. The minimum absolute atomic E-state index is 0.0194. The quantitative estimate of drug-likeness (QED) is 0.276. The number of aromatic nitrogens is 1. The second-order valence-electron chi connectivity index (χ2n) is 17.4. The van der Waals surface area contributed by atoms with Crippen molar-refractivity contribution in [3.63, 3.8) is 0 Å². The molecule has 3 heterocycles. The molecule has 4 amide bonds. The molecule has 4 bridgehead atoms. The lowest BCUT2D eigenvalue weighted by Crippen LogP contribution is -2.59. The van der Waals surface area contributed by atoms with Crippen LogP contribution in [0.3, 0.4) is 0 Å². The maximum absolute atomic E-state index is 15.0. The number of benzene rings is 1. The number of hydrogen-bond acceptors (Lipinski definition) is 11. The van der Waals surface area contributed by atoms with Gasteiger partial charge in [-0.15, -0.1) is 6.58 Å². The van der Waals surface area contributed by atoms with E-state index in [1.165, 1.54) is 11.0 Å². The van der Waals surface area contributed by atoms with Crippen molar-refractivity contribution in [3.05, 3.63) is 42.5 Å². The Morgan fingerprint density at radius 3 is 2.58 bits per heavy atom. The summed E-state index contributed by atoms with van der Waals surface area (Å²) in [5, 5.41) is 5.84. The number of amides is 4. The minimum Gasteiger partial charge on any atom is -0.496 e. The monoisotopic (exact) mass is 833 g/mol. The Labute approximate surface area is 345 Å². The minimum atomic E-state index is -3.91. The molecule has 6 aliphatic rings. The lowest BCUT2D eigenvalue weighted by Gasteiger charge is -2.33. The van der Waals surface area contributed by atoms with Gasteiger partial charge in [0.05, 0.1) is 31.0 Å². The molecule has 5 fully saturated rings. The Morgan fingerprint density at radius 1 is 1.10 bits per heavy atom. The van der Waals surface area contributed by atoms with Crippen LogP contribution in [0.1, 0.15) is 96.5 Å². The lowest BCUT2D eigenvalue weighted by atomic mass is 9.82. The predicted molar refractivity (Wildman–Crippen MR) is 218 cm³/mol. The summed E-state index contributed by atoms with van der Waals surface area (Å²) >= 11 is 0. The number of pyridine rings is 1. The Morgan fingerprint density at radius 2 is 1.88 bits per heavy atom. The summed E-state index contributed by atoms with van der Waals surface area (Å²) in [6.07, 6.45) is 11.2. The highest BCUT2D eigenvalue weighted by atomic mass is 32.2. The van der Waals surface area contributed by atoms with Crippen molar-refractivity contribution in [3.8, 4) is 17.4 Å². The van der Waals surface area contributed by atoms with Crippen LogP contribution in [0.15, 0.2) is 36.9 Å². The normalized spacial score (nSPS) is 31.6. The molecule has 4 saturated carbocycles. The Balaban J connectivity index is 1.18. The Hall–Kier alpha value is -4.86. The lowest BCUT2D eigenvalue weighted by molar-refractivity contribution is -0.142. The van der Waals surface area contributed by atoms with Crippen LogP contribution in [-0.4, -0.2) is 97.5 Å². The van der Waals surface area contributed by atoms with Crippen molar-refractivity contribution in [2.45, 2.75) is 126 Å². The van der Waals surface area contributed by atoms with E-state index < -0.39 is 68.7 Å². The molecule has 1 aromatic heterocycles. The number of fused-ring (bicyclic) bond motifs is 4. The van der Waals surface area contributed by atoms with Gasteiger partial charge in [0, 0.05) is 40.8 Å². The fourth-order valence-corrected chi connectivity index (χ4v) is 11.0. The summed E-state index contributed by atoms with van der Waals surface area (Å²) < 4.78 is 52.4. The van der Waals surface area contributed by atoms with Crippen LogP contribution in [0, 0.1) is 17.3 Å². The van der Waals surface area contributed by atoms with Crippen LogP contribution in [-0.2, 0) is 29.1 Å². The summed E-state index contributed by atoms with van der Waals surface area (Å²) in [4.78, 5) is 63.2. The number of nitrogens with zero attached hydrogens (tertiary/aromatic N) is 2. The molecular weight excluding hydrogens is 779 g/mol. The largest absolute Gasteiger partial charge is 0.496 e. The fraction of sp³-hybridized carbons (Fsp3) is 0.605. The van der Waals surface area contributed by atoms with E-state index in [9.17, 15) is 27.6 Å². The standard InChI is InChI=1S/C43H55N5O10S/c1-5-27-23-43(27,40(51)47-59(53,54)29-15-16-29)46-38(49)32-20-28-24-48(32)39(50)37(25-11-7-8-12-25)45-41(52)58-35-14-10-18-42(35,3)17-9-13-26-19-30-31(21-33(26)55-4)44-36(56-6-2)22-34(30)57-28/h5,9,13,19,21-22,25,27-29,32,35,37H,1,6-8,10-12,14-18,20,23-24H2,2-4H3,(H,45,52)(H,46,49)(H,47,51)/b13-9+/t27-,28-,32+,35-,37+,42-,43-/m1/s1. The fourth-order valence-electron chi connectivity index (χ4n) is 9.65. The first-order valence-corrected chi connectivity index (χ1v) is 22.6. The van der Waals surface area contributed by atoms with Gasteiger partial charge in [-0.2, -0.15) is 0 Å². The van der Waals surface area contributed by atoms with Crippen molar-refractivity contribution in [2.24, 2.45) is 17.3 Å². The first kappa shape index (κ1) is 40.9. The van der Waals surface area contributed by atoms with Gasteiger partial charge >= 0.3 is 6.09 Å². The Bertz CT molecular complexity index is 2170. The van der Waals surface area contributed by atoms with Gasteiger partial charge < -0.3 is 34.5 Å². The third-order valence-electron chi connectivity index (χ3n) is 13.3. The average Bonchev–Trinajstić information content (AvgIpc) is 4.02. The van der Waals surface area contributed by atoms with Gasteiger partial charge in [0.1, 0.15) is 41.3 Å². The smallest absolute Gasteiger partial charge is 0.408 e. The van der Waals surface area contributed by atoms with Crippen LogP contribution in [0.5, 0.6) is 17.4 Å².